The van der Waals surface area contributed by atoms with Crippen molar-refractivity contribution in [3.63, 3.8) is 0 Å². The standard InChI is InChI=1S/C13H19N3O3/c1-9(13(18)15-2)16-12(17)7-8-19-11-6-4-3-5-10(11)14/h3-6,9H,7-8,14H2,1-2H3,(H,15,18)(H,16,17). The Kier molecular flexibility index (Phi) is 5.66. The number of amides is 2. The number of nitrogens with one attached hydrogen (secondary N) is 2. The summed E-state index contributed by atoms with van der Waals surface area (Å²) in [6.07, 6.45) is 0.162. The molecule has 0 aromatic heterocycles. The molecule has 1 rings (SSSR count). The molecule has 6 nitrogen and oxygen atoms in total. The molecule has 0 bridgehead atoms. The Morgan fingerprint density at radius 2 is 2.05 bits per heavy atom. The first-order valence-electron chi connectivity index (χ1n) is 6.03. The van der Waals surface area contributed by atoms with Crippen LogP contribution in [0.3, 0.4) is 0 Å². The molecule has 0 radical (unpaired) electrons. The van der Waals surface area contributed by atoms with Gasteiger partial charge in [0.25, 0.3) is 0 Å². The van der Waals surface area contributed by atoms with Crippen LogP contribution in [-0.4, -0.2) is 31.5 Å². The number of hydrogen-bond acceptors (Lipinski definition) is 4. The number of carbonyl (C=O) groups excluding carboxylic acids is 2. The second-order valence-corrected chi connectivity index (χ2v) is 4.04. The molecule has 0 spiro atoms. The van der Waals surface area contributed by atoms with Gasteiger partial charge in [-0.05, 0) is 19.1 Å². The minimum atomic E-state index is -0.556. The van der Waals surface area contributed by atoms with E-state index >= 15 is 0 Å². The lowest BCUT2D eigenvalue weighted by Gasteiger charge is -2.13. The van der Waals surface area contributed by atoms with Crippen LogP contribution >= 0.6 is 0 Å². The quantitative estimate of drug-likeness (QED) is 0.644. The molecule has 104 valence electrons. The number of para-hydroxylation sites is 2. The Morgan fingerprint density at radius 1 is 1.37 bits per heavy atom. The summed E-state index contributed by atoms with van der Waals surface area (Å²) in [5.41, 5.74) is 6.23. The molecule has 4 N–H and O–H groups in total. The van der Waals surface area contributed by atoms with Crippen LogP contribution < -0.4 is 21.1 Å². The topological polar surface area (TPSA) is 93.5 Å². The second kappa shape index (κ2) is 7.25. The molecule has 19 heavy (non-hydrogen) atoms. The number of hydrogen-bond donors (Lipinski definition) is 3. The Morgan fingerprint density at radius 3 is 2.68 bits per heavy atom. The van der Waals surface area contributed by atoms with Gasteiger partial charge < -0.3 is 21.1 Å². The maximum Gasteiger partial charge on any atom is 0.242 e. The van der Waals surface area contributed by atoms with E-state index in [4.69, 9.17) is 10.5 Å². The first-order chi connectivity index (χ1) is 9.04. The number of nitrogen functional groups attached to an aromatic ring is 1. The predicted molar refractivity (Wildman–Crippen MR) is 72.6 cm³/mol. The Bertz CT molecular complexity index is 449. The number of nitrogens with two attached hydrogens (primary N) is 1. The van der Waals surface area contributed by atoms with Crippen LogP contribution in [0.4, 0.5) is 5.69 Å². The number of anilines is 1. The fourth-order valence-electron chi connectivity index (χ4n) is 1.46. The van der Waals surface area contributed by atoms with E-state index in [2.05, 4.69) is 10.6 Å². The van der Waals surface area contributed by atoms with Gasteiger partial charge in [0, 0.05) is 7.05 Å². The van der Waals surface area contributed by atoms with E-state index in [1.807, 2.05) is 0 Å². The smallest absolute Gasteiger partial charge is 0.242 e. The third-order valence-electron chi connectivity index (χ3n) is 2.52. The van der Waals surface area contributed by atoms with Crippen LogP contribution in [0.1, 0.15) is 13.3 Å². The van der Waals surface area contributed by atoms with Gasteiger partial charge in [0.05, 0.1) is 18.7 Å². The highest BCUT2D eigenvalue weighted by atomic mass is 16.5. The Hall–Kier alpha value is -2.24. The van der Waals surface area contributed by atoms with Crippen molar-refractivity contribution in [1.82, 2.24) is 10.6 Å². The molecule has 1 aromatic carbocycles. The fraction of sp³-hybridized carbons (Fsp3) is 0.385. The van der Waals surface area contributed by atoms with Crippen LogP contribution in [0.25, 0.3) is 0 Å². The number of benzene rings is 1. The lowest BCUT2D eigenvalue weighted by Crippen LogP contribution is -2.43. The molecule has 1 unspecified atom stereocenters. The third kappa shape index (κ3) is 4.87. The minimum Gasteiger partial charge on any atom is -0.491 e. The van der Waals surface area contributed by atoms with Crippen molar-refractivity contribution in [3.05, 3.63) is 24.3 Å². The lowest BCUT2D eigenvalue weighted by molar-refractivity contribution is -0.128. The van der Waals surface area contributed by atoms with Gasteiger partial charge in [-0.1, -0.05) is 12.1 Å². The molecule has 0 aliphatic heterocycles. The summed E-state index contributed by atoms with van der Waals surface area (Å²) in [6.45, 7) is 1.83. The van der Waals surface area contributed by atoms with Gasteiger partial charge in [-0.25, -0.2) is 0 Å². The summed E-state index contributed by atoms with van der Waals surface area (Å²) in [5, 5.41) is 5.03. The van der Waals surface area contributed by atoms with Crippen LogP contribution in [0.2, 0.25) is 0 Å². The second-order valence-electron chi connectivity index (χ2n) is 4.04. The van der Waals surface area contributed by atoms with E-state index < -0.39 is 6.04 Å². The summed E-state index contributed by atoms with van der Waals surface area (Å²) < 4.78 is 5.39. The minimum absolute atomic E-state index is 0.162. The Balaban J connectivity index is 2.32. The van der Waals surface area contributed by atoms with E-state index in [9.17, 15) is 9.59 Å². The monoisotopic (exact) mass is 265 g/mol. The number of likely N-dealkylation sites (N-methyl/N-ethyl adjacent to an activating group) is 1. The summed E-state index contributed by atoms with van der Waals surface area (Å²) in [6, 6.07) is 6.52. The highest BCUT2D eigenvalue weighted by Gasteiger charge is 2.13. The zero-order valence-electron chi connectivity index (χ0n) is 11.1. The predicted octanol–water partition coefficient (Wildman–Crippen LogP) is 0.288. The number of carbonyl (C=O) groups is 2. The van der Waals surface area contributed by atoms with E-state index in [0.29, 0.717) is 11.4 Å². The zero-order chi connectivity index (χ0) is 14.3. The summed E-state index contributed by atoms with van der Waals surface area (Å²) in [4.78, 5) is 22.8. The maximum absolute atomic E-state index is 11.5. The summed E-state index contributed by atoms with van der Waals surface area (Å²) in [7, 11) is 1.52. The summed E-state index contributed by atoms with van der Waals surface area (Å²) in [5.74, 6) is 0.0711. The molecule has 0 aliphatic rings. The van der Waals surface area contributed by atoms with Crippen molar-refractivity contribution in [2.45, 2.75) is 19.4 Å². The largest absolute Gasteiger partial charge is 0.491 e. The van der Waals surface area contributed by atoms with Gasteiger partial charge in [0.15, 0.2) is 0 Å². The van der Waals surface area contributed by atoms with Gasteiger partial charge in [-0.15, -0.1) is 0 Å². The molecule has 0 heterocycles. The highest BCUT2D eigenvalue weighted by Crippen LogP contribution is 2.19. The van der Waals surface area contributed by atoms with Gasteiger partial charge >= 0.3 is 0 Å². The molecule has 0 saturated carbocycles. The average molecular weight is 265 g/mol. The molecular weight excluding hydrogens is 246 g/mol. The van der Waals surface area contributed by atoms with Gasteiger partial charge in [0.1, 0.15) is 11.8 Å². The molecule has 0 aliphatic carbocycles. The van der Waals surface area contributed by atoms with Gasteiger partial charge in [-0.2, -0.15) is 0 Å². The number of rotatable bonds is 6. The molecule has 1 atom stereocenters. The average Bonchev–Trinajstić information content (AvgIpc) is 2.40. The van der Waals surface area contributed by atoms with E-state index in [1.54, 1.807) is 31.2 Å². The van der Waals surface area contributed by atoms with Crippen molar-refractivity contribution in [3.8, 4) is 5.75 Å². The molecular formula is C13H19N3O3. The SMILES string of the molecule is CNC(=O)C(C)NC(=O)CCOc1ccccc1N. The molecule has 6 heteroatoms. The van der Waals surface area contributed by atoms with Gasteiger partial charge in [-0.3, -0.25) is 9.59 Å². The van der Waals surface area contributed by atoms with Crippen molar-refractivity contribution < 1.29 is 14.3 Å². The van der Waals surface area contributed by atoms with Crippen LogP contribution in [0.5, 0.6) is 5.75 Å². The third-order valence-corrected chi connectivity index (χ3v) is 2.52. The molecule has 1 aromatic rings. The van der Waals surface area contributed by atoms with Crippen LogP contribution in [0, 0.1) is 0 Å². The first-order valence-corrected chi connectivity index (χ1v) is 6.03. The zero-order valence-corrected chi connectivity index (χ0v) is 11.1. The summed E-state index contributed by atoms with van der Waals surface area (Å²) >= 11 is 0. The highest BCUT2D eigenvalue weighted by molar-refractivity contribution is 5.87. The van der Waals surface area contributed by atoms with Crippen molar-refractivity contribution in [2.24, 2.45) is 0 Å². The van der Waals surface area contributed by atoms with Crippen molar-refractivity contribution in [2.75, 3.05) is 19.4 Å². The van der Waals surface area contributed by atoms with Crippen molar-refractivity contribution >= 4 is 17.5 Å². The van der Waals surface area contributed by atoms with Gasteiger partial charge in [0.2, 0.25) is 11.8 Å². The van der Waals surface area contributed by atoms with Crippen LogP contribution in [0.15, 0.2) is 24.3 Å². The van der Waals surface area contributed by atoms with Crippen molar-refractivity contribution in [1.29, 1.82) is 0 Å². The molecule has 0 fully saturated rings. The van der Waals surface area contributed by atoms with Crippen LogP contribution in [-0.2, 0) is 9.59 Å². The maximum atomic E-state index is 11.5. The molecule has 0 saturated heterocycles. The fourth-order valence-corrected chi connectivity index (χ4v) is 1.46. The normalized spacial score (nSPS) is 11.5. The van der Waals surface area contributed by atoms with E-state index in [0.717, 1.165) is 0 Å². The molecule has 2 amide bonds. The lowest BCUT2D eigenvalue weighted by atomic mass is 10.3. The Labute approximate surface area is 112 Å². The van der Waals surface area contributed by atoms with E-state index in [-0.39, 0.29) is 24.8 Å². The van der Waals surface area contributed by atoms with E-state index in [1.165, 1.54) is 7.05 Å². The number of ether oxygens (including phenoxy) is 1. The first kappa shape index (κ1) is 14.8.